The van der Waals surface area contributed by atoms with Crippen LogP contribution in [0, 0.1) is 0 Å². The average Bonchev–Trinajstić information content (AvgIpc) is 3.08. The highest BCUT2D eigenvalue weighted by Gasteiger charge is 2.37. The lowest BCUT2D eigenvalue weighted by molar-refractivity contribution is -0.617. The molecule has 0 amide bonds. The number of carbonyl (C=O) groups excluding carboxylic acids is 1. The van der Waals surface area contributed by atoms with E-state index in [0.29, 0.717) is 38.5 Å². The van der Waals surface area contributed by atoms with Crippen LogP contribution < -0.4 is 23.6 Å². The van der Waals surface area contributed by atoms with Crippen molar-refractivity contribution in [1.82, 2.24) is 0 Å². The first kappa shape index (κ1) is 38.5. The zero-order chi connectivity index (χ0) is 34.1. The highest BCUT2D eigenvalue weighted by molar-refractivity contribution is 6.60. The van der Waals surface area contributed by atoms with Gasteiger partial charge in [0.05, 0.1) is 43.0 Å². The van der Waals surface area contributed by atoms with Crippen LogP contribution in [0.15, 0.2) is 54.6 Å². The van der Waals surface area contributed by atoms with E-state index in [0.717, 1.165) is 62.2 Å². The predicted octanol–water partition coefficient (Wildman–Crippen LogP) is 3.82. The fourth-order valence-corrected chi connectivity index (χ4v) is 7.99. The molecule has 0 unspecified atom stereocenters. The third-order valence-corrected chi connectivity index (χ3v) is 11.2. The maximum absolute atomic E-state index is 12.5. The maximum Gasteiger partial charge on any atom is 0.762 e. The highest BCUT2D eigenvalue weighted by Crippen LogP contribution is 2.54. The van der Waals surface area contributed by atoms with Crippen LogP contribution >= 0.6 is 0 Å². The van der Waals surface area contributed by atoms with Gasteiger partial charge in [0.25, 0.3) is 0 Å². The monoisotopic (exact) mass is 692 g/mol. The molecule has 2 heterocycles. The first-order valence-electron chi connectivity index (χ1n) is 15.3. The SMILES string of the molecule is COc1cccc2c1-c1c3c(OC)cccc3[n+](C)c3cccc(c13)N2CCCOC(=O)CCCC[Si](OC)(OC)OC.FB(F)F.[F-]. The molecule has 260 valence electrons. The van der Waals surface area contributed by atoms with Gasteiger partial charge in [-0.3, -0.25) is 17.7 Å². The highest BCUT2D eigenvalue weighted by atomic mass is 28.4. The number of unbranched alkanes of at least 4 members (excludes halogenated alkanes) is 1. The molecule has 0 spiro atoms. The largest absolute Gasteiger partial charge is 1.00 e. The summed E-state index contributed by atoms with van der Waals surface area (Å²) in [7, 11) is 4.03. The minimum atomic E-state index is -3.67. The van der Waals surface area contributed by atoms with Crippen LogP contribution in [0.3, 0.4) is 0 Å². The van der Waals surface area contributed by atoms with Crippen molar-refractivity contribution in [3.8, 4) is 22.6 Å². The van der Waals surface area contributed by atoms with Crippen molar-refractivity contribution in [3.05, 3.63) is 54.6 Å². The number of esters is 1. The Balaban J connectivity index is 0.00000118. The number of fused-ring (bicyclic) bond motifs is 4. The first-order valence-corrected chi connectivity index (χ1v) is 17.2. The summed E-state index contributed by atoms with van der Waals surface area (Å²) in [6.07, 6.45) is 2.48. The normalized spacial score (nSPS) is 11.7. The quantitative estimate of drug-likeness (QED) is 0.0494. The predicted molar refractivity (Wildman–Crippen MR) is 178 cm³/mol. The number of ether oxygens (including phenoxy) is 3. The summed E-state index contributed by atoms with van der Waals surface area (Å²) in [5.74, 6) is 1.42. The fourth-order valence-electron chi connectivity index (χ4n) is 6.20. The molecule has 0 fully saturated rings. The van der Waals surface area contributed by atoms with Gasteiger partial charge in [-0.2, -0.15) is 4.57 Å². The van der Waals surface area contributed by atoms with E-state index in [-0.39, 0.29) is 10.7 Å². The standard InChI is InChI=1S/C33H41N2O7Si.BF3.FH/c1-34-23-13-9-15-25-30(23)33(31-24(34)14-10-17-27(31)37-2)32-26(16-11-18-28(32)38-3)35(25)20-12-21-42-29(36)19-7-8-22-43(39-4,40-5)41-6;2-1(3)4;/h9-11,13-18H,7-8,12,19-22H2,1-6H3;;1H/q+1;;/p-1. The summed E-state index contributed by atoms with van der Waals surface area (Å²) in [6, 6.07) is 19.4. The second kappa shape index (κ2) is 17.5. The van der Waals surface area contributed by atoms with Gasteiger partial charge in [0.1, 0.15) is 18.5 Å². The molecular formula is C33H41BF4N2O7Si. The number of hydrogen-bond donors (Lipinski definition) is 0. The van der Waals surface area contributed by atoms with Crippen molar-refractivity contribution in [2.45, 2.75) is 31.7 Å². The molecule has 0 saturated heterocycles. The minimum absolute atomic E-state index is 0. The lowest BCUT2D eigenvalue weighted by Crippen LogP contribution is -3.00. The zero-order valence-corrected chi connectivity index (χ0v) is 29.0. The molecule has 48 heavy (non-hydrogen) atoms. The van der Waals surface area contributed by atoms with E-state index in [1.807, 2.05) is 24.3 Å². The van der Waals surface area contributed by atoms with Gasteiger partial charge in [0.15, 0.2) is 0 Å². The zero-order valence-electron chi connectivity index (χ0n) is 28.0. The lowest BCUT2D eigenvalue weighted by atomic mass is 9.88. The Bertz CT molecular complexity index is 1690. The van der Waals surface area contributed by atoms with Gasteiger partial charge in [0.2, 0.25) is 11.0 Å². The first-order chi connectivity index (χ1) is 22.7. The molecule has 1 aromatic heterocycles. The number of aromatic nitrogens is 1. The van der Waals surface area contributed by atoms with E-state index in [4.69, 9.17) is 27.5 Å². The molecule has 9 nitrogen and oxygen atoms in total. The minimum Gasteiger partial charge on any atom is -1.00 e. The molecule has 0 N–H and O–H groups in total. The van der Waals surface area contributed by atoms with E-state index in [1.54, 1.807) is 35.5 Å². The van der Waals surface area contributed by atoms with Crippen molar-refractivity contribution in [1.29, 1.82) is 0 Å². The summed E-state index contributed by atoms with van der Waals surface area (Å²) in [6.45, 7) is 1.01. The topological polar surface area (TPSA) is 79.6 Å². The van der Waals surface area contributed by atoms with Crippen LogP contribution in [0.5, 0.6) is 11.5 Å². The second-order valence-electron chi connectivity index (χ2n) is 10.8. The lowest BCUT2D eigenvalue weighted by Gasteiger charge is -2.34. The summed E-state index contributed by atoms with van der Waals surface area (Å²) >= 11 is 0. The Morgan fingerprint density at radius 1 is 0.771 bits per heavy atom. The van der Waals surface area contributed by atoms with Crippen molar-refractivity contribution < 1.29 is 54.5 Å². The Morgan fingerprint density at radius 2 is 1.33 bits per heavy atom. The van der Waals surface area contributed by atoms with E-state index in [9.17, 15) is 17.7 Å². The Labute approximate surface area is 279 Å². The van der Waals surface area contributed by atoms with E-state index in [1.165, 1.54) is 0 Å². The fraction of sp³-hybridized carbons (Fsp3) is 0.394. The number of aryl methyl sites for hydroxylation is 1. The number of methoxy groups -OCH3 is 2. The van der Waals surface area contributed by atoms with Gasteiger partial charge < -0.3 is 37.1 Å². The smallest absolute Gasteiger partial charge is 0.762 e. The van der Waals surface area contributed by atoms with Crippen LogP contribution in [0.2, 0.25) is 6.04 Å². The molecule has 0 saturated carbocycles. The van der Waals surface area contributed by atoms with Crippen LogP contribution in [0.4, 0.5) is 24.3 Å². The van der Waals surface area contributed by atoms with Crippen LogP contribution in [-0.4, -0.2) is 71.0 Å². The van der Waals surface area contributed by atoms with Gasteiger partial charge in [-0.25, -0.2) is 0 Å². The Hall–Kier alpha value is -3.92. The van der Waals surface area contributed by atoms with Gasteiger partial charge in [-0.1, -0.05) is 18.2 Å². The van der Waals surface area contributed by atoms with Crippen molar-refractivity contribution >= 4 is 55.5 Å². The number of carbonyl (C=O) groups is 1. The molecule has 15 heteroatoms. The van der Waals surface area contributed by atoms with Gasteiger partial charge in [-0.15, -0.1) is 0 Å². The Morgan fingerprint density at radius 3 is 1.96 bits per heavy atom. The van der Waals surface area contributed by atoms with Crippen molar-refractivity contribution in [2.75, 3.05) is 53.6 Å². The number of hydrogen-bond acceptors (Lipinski definition) is 8. The summed E-state index contributed by atoms with van der Waals surface area (Å²) in [4.78, 5) is 14.8. The number of benzene rings is 3. The Kier molecular flexibility index (Phi) is 14.0. The molecule has 4 aromatic rings. The van der Waals surface area contributed by atoms with Gasteiger partial charge in [-0.05, 0) is 43.5 Å². The number of anilines is 2. The van der Waals surface area contributed by atoms with Crippen LogP contribution in [0.25, 0.3) is 32.9 Å². The summed E-state index contributed by atoms with van der Waals surface area (Å²) in [5, 5.41) is 2.19. The summed E-state index contributed by atoms with van der Waals surface area (Å²) < 4.78 is 65.1. The molecule has 0 radical (unpaired) electrons. The molecule has 0 bridgehead atoms. The molecule has 5 rings (SSSR count). The molecular weight excluding hydrogens is 651 g/mol. The van der Waals surface area contributed by atoms with Crippen molar-refractivity contribution in [3.63, 3.8) is 0 Å². The number of halogens is 4. The average molecular weight is 693 g/mol. The van der Waals surface area contributed by atoms with Crippen molar-refractivity contribution in [2.24, 2.45) is 7.05 Å². The third kappa shape index (κ3) is 8.02. The number of rotatable bonds is 14. The molecule has 1 aliphatic heterocycles. The third-order valence-electron chi connectivity index (χ3n) is 8.36. The molecule has 1 aliphatic rings. The molecule has 3 aromatic carbocycles. The molecule has 0 atom stereocenters. The second-order valence-corrected chi connectivity index (χ2v) is 13.9. The maximum atomic E-state index is 12.5. The van der Waals surface area contributed by atoms with E-state index >= 15 is 0 Å². The van der Waals surface area contributed by atoms with Crippen LogP contribution in [-0.2, 0) is 29.9 Å². The van der Waals surface area contributed by atoms with Gasteiger partial charge >= 0.3 is 22.3 Å². The van der Waals surface area contributed by atoms with E-state index < -0.39 is 16.3 Å². The van der Waals surface area contributed by atoms with Crippen LogP contribution in [0.1, 0.15) is 25.7 Å². The number of pyridine rings is 1. The van der Waals surface area contributed by atoms with Gasteiger partial charge in [0, 0.05) is 63.6 Å². The summed E-state index contributed by atoms with van der Waals surface area (Å²) in [5.41, 5.74) is 6.48. The molecule has 0 aliphatic carbocycles. The number of nitrogens with zero attached hydrogens (tertiary/aromatic N) is 2. The van der Waals surface area contributed by atoms with E-state index in [2.05, 4.69) is 46.8 Å².